The Morgan fingerprint density at radius 3 is 2.58 bits per heavy atom. The molecule has 0 radical (unpaired) electrons. The van der Waals surface area contributed by atoms with Crippen molar-refractivity contribution in [2.75, 3.05) is 5.75 Å². The molecule has 100 valence electrons. The van der Waals surface area contributed by atoms with Crippen molar-refractivity contribution in [3.63, 3.8) is 0 Å². The van der Waals surface area contributed by atoms with E-state index >= 15 is 0 Å². The van der Waals surface area contributed by atoms with Crippen LogP contribution in [0, 0.1) is 11.6 Å². The van der Waals surface area contributed by atoms with Gasteiger partial charge in [0.05, 0.1) is 6.10 Å². The Bertz CT molecular complexity index is 545. The zero-order valence-electron chi connectivity index (χ0n) is 10.2. The minimum absolute atomic E-state index is 0.259. The summed E-state index contributed by atoms with van der Waals surface area (Å²) in [6.45, 7) is 0. The quantitative estimate of drug-likeness (QED) is 0.843. The summed E-state index contributed by atoms with van der Waals surface area (Å²) in [5.41, 5.74) is 0.495. The lowest BCUT2D eigenvalue weighted by atomic mass is 10.1. The fourth-order valence-electron chi connectivity index (χ4n) is 1.73. The molecule has 2 aromatic carbocycles. The van der Waals surface area contributed by atoms with Crippen LogP contribution in [0.5, 0.6) is 0 Å². The Kier molecular flexibility index (Phi) is 4.93. The van der Waals surface area contributed by atoms with Gasteiger partial charge in [-0.25, -0.2) is 8.78 Å². The summed E-state index contributed by atoms with van der Waals surface area (Å²) in [7, 11) is 0. The van der Waals surface area contributed by atoms with Crippen LogP contribution in [0.3, 0.4) is 0 Å². The smallest absolute Gasteiger partial charge is 0.126 e. The maximum absolute atomic E-state index is 13.4. The van der Waals surface area contributed by atoms with Gasteiger partial charge >= 0.3 is 0 Å². The van der Waals surface area contributed by atoms with Crippen molar-refractivity contribution in [1.82, 2.24) is 0 Å². The largest absolute Gasteiger partial charge is 0.392 e. The number of aliphatic hydroxyl groups is 1. The van der Waals surface area contributed by atoms with Gasteiger partial charge in [0.2, 0.25) is 0 Å². The summed E-state index contributed by atoms with van der Waals surface area (Å²) in [5.74, 6) is -0.205. The van der Waals surface area contributed by atoms with Gasteiger partial charge in [0, 0.05) is 17.1 Å². The van der Waals surface area contributed by atoms with Crippen molar-refractivity contribution in [2.45, 2.75) is 17.4 Å². The van der Waals surface area contributed by atoms with Gasteiger partial charge in [-0.1, -0.05) is 24.3 Å². The third-order valence-corrected chi connectivity index (χ3v) is 3.79. The van der Waals surface area contributed by atoms with E-state index in [-0.39, 0.29) is 18.1 Å². The fourth-order valence-corrected chi connectivity index (χ4v) is 2.60. The minimum Gasteiger partial charge on any atom is -0.392 e. The summed E-state index contributed by atoms with van der Waals surface area (Å²) in [4.78, 5) is 0.757. The molecule has 1 N–H and O–H groups in total. The molecule has 2 aromatic rings. The minimum atomic E-state index is -0.662. The zero-order valence-corrected chi connectivity index (χ0v) is 11.0. The van der Waals surface area contributed by atoms with Crippen LogP contribution in [0.4, 0.5) is 8.78 Å². The molecule has 4 heteroatoms. The first-order chi connectivity index (χ1) is 9.15. The molecule has 1 nitrogen and oxygen atoms in total. The highest BCUT2D eigenvalue weighted by molar-refractivity contribution is 7.99. The zero-order chi connectivity index (χ0) is 13.7. The van der Waals surface area contributed by atoms with Gasteiger partial charge in [-0.3, -0.25) is 0 Å². The van der Waals surface area contributed by atoms with Crippen LogP contribution in [0.25, 0.3) is 0 Å². The molecular weight excluding hydrogens is 266 g/mol. The van der Waals surface area contributed by atoms with Crippen LogP contribution in [-0.4, -0.2) is 17.0 Å². The van der Waals surface area contributed by atoms with Crippen molar-refractivity contribution in [2.24, 2.45) is 0 Å². The predicted octanol–water partition coefficient (Wildman–Crippen LogP) is 3.66. The molecule has 0 amide bonds. The van der Waals surface area contributed by atoms with E-state index in [0.717, 1.165) is 4.90 Å². The SMILES string of the molecule is OC(CSc1cccc(F)c1)Cc1ccccc1F. The first kappa shape index (κ1) is 14.0. The van der Waals surface area contributed by atoms with Gasteiger partial charge in [-0.05, 0) is 29.8 Å². The molecule has 0 aliphatic carbocycles. The van der Waals surface area contributed by atoms with Gasteiger partial charge < -0.3 is 5.11 Å². The predicted molar refractivity (Wildman–Crippen MR) is 73.2 cm³/mol. The summed E-state index contributed by atoms with van der Waals surface area (Å²) >= 11 is 1.36. The number of thioether (sulfide) groups is 1. The van der Waals surface area contributed by atoms with Gasteiger partial charge in [-0.15, -0.1) is 11.8 Å². The first-order valence-corrected chi connectivity index (χ1v) is 6.93. The molecule has 0 bridgehead atoms. The van der Waals surface area contributed by atoms with Crippen LogP contribution in [0.15, 0.2) is 53.4 Å². The van der Waals surface area contributed by atoms with Gasteiger partial charge in [0.25, 0.3) is 0 Å². The second-order valence-corrected chi connectivity index (χ2v) is 5.31. The Balaban J connectivity index is 1.88. The molecule has 0 saturated heterocycles. The Hall–Kier alpha value is -1.39. The molecular formula is C15H14F2OS. The van der Waals surface area contributed by atoms with Crippen molar-refractivity contribution < 1.29 is 13.9 Å². The molecule has 0 heterocycles. The number of hydrogen-bond donors (Lipinski definition) is 1. The third kappa shape index (κ3) is 4.33. The number of benzene rings is 2. The Morgan fingerprint density at radius 2 is 1.84 bits per heavy atom. The topological polar surface area (TPSA) is 20.2 Å². The van der Waals surface area contributed by atoms with Crippen LogP contribution < -0.4 is 0 Å². The van der Waals surface area contributed by atoms with Crippen LogP contribution >= 0.6 is 11.8 Å². The van der Waals surface area contributed by atoms with E-state index in [4.69, 9.17) is 0 Å². The van der Waals surface area contributed by atoms with E-state index in [0.29, 0.717) is 11.3 Å². The molecule has 2 rings (SSSR count). The summed E-state index contributed by atoms with van der Waals surface area (Å²) in [6.07, 6.45) is -0.403. The number of rotatable bonds is 5. The van der Waals surface area contributed by atoms with E-state index in [1.807, 2.05) is 0 Å². The van der Waals surface area contributed by atoms with E-state index < -0.39 is 6.10 Å². The second kappa shape index (κ2) is 6.68. The molecule has 19 heavy (non-hydrogen) atoms. The van der Waals surface area contributed by atoms with Gasteiger partial charge in [-0.2, -0.15) is 0 Å². The lowest BCUT2D eigenvalue weighted by Crippen LogP contribution is -2.14. The Morgan fingerprint density at radius 1 is 1.05 bits per heavy atom. The molecule has 0 saturated carbocycles. The van der Waals surface area contributed by atoms with Crippen molar-refractivity contribution in [3.8, 4) is 0 Å². The number of hydrogen-bond acceptors (Lipinski definition) is 2. The fraction of sp³-hybridized carbons (Fsp3) is 0.200. The van der Waals surface area contributed by atoms with E-state index in [1.165, 1.54) is 30.0 Å². The third-order valence-electron chi connectivity index (χ3n) is 2.65. The van der Waals surface area contributed by atoms with Crippen LogP contribution in [0.1, 0.15) is 5.56 Å². The molecule has 0 fully saturated rings. The lowest BCUT2D eigenvalue weighted by molar-refractivity contribution is 0.198. The molecule has 0 aliphatic rings. The van der Waals surface area contributed by atoms with E-state index in [9.17, 15) is 13.9 Å². The molecule has 0 aliphatic heterocycles. The van der Waals surface area contributed by atoms with Crippen molar-refractivity contribution >= 4 is 11.8 Å². The van der Waals surface area contributed by atoms with Gasteiger partial charge in [0.15, 0.2) is 0 Å². The van der Waals surface area contributed by atoms with E-state index in [1.54, 1.807) is 30.3 Å². The lowest BCUT2D eigenvalue weighted by Gasteiger charge is -2.11. The average molecular weight is 280 g/mol. The maximum atomic E-state index is 13.4. The Labute approximate surface area is 115 Å². The molecule has 0 aromatic heterocycles. The van der Waals surface area contributed by atoms with Crippen molar-refractivity contribution in [3.05, 3.63) is 65.7 Å². The highest BCUT2D eigenvalue weighted by Gasteiger charge is 2.09. The van der Waals surface area contributed by atoms with E-state index in [2.05, 4.69) is 0 Å². The highest BCUT2D eigenvalue weighted by atomic mass is 32.2. The average Bonchev–Trinajstić information content (AvgIpc) is 2.39. The highest BCUT2D eigenvalue weighted by Crippen LogP contribution is 2.21. The summed E-state index contributed by atoms with van der Waals surface area (Å²) in [6, 6.07) is 12.6. The number of halogens is 2. The molecule has 1 atom stereocenters. The maximum Gasteiger partial charge on any atom is 0.126 e. The first-order valence-electron chi connectivity index (χ1n) is 5.95. The second-order valence-electron chi connectivity index (χ2n) is 4.22. The van der Waals surface area contributed by atoms with Gasteiger partial charge in [0.1, 0.15) is 11.6 Å². The van der Waals surface area contributed by atoms with Crippen molar-refractivity contribution in [1.29, 1.82) is 0 Å². The standard InChI is InChI=1S/C15H14F2OS/c16-12-5-3-6-14(9-12)19-10-13(18)8-11-4-1-2-7-15(11)17/h1-7,9,13,18H,8,10H2. The molecule has 1 unspecified atom stereocenters. The monoisotopic (exact) mass is 280 g/mol. The van der Waals surface area contributed by atoms with Crippen LogP contribution in [-0.2, 0) is 6.42 Å². The summed E-state index contributed by atoms with van der Waals surface area (Å²) < 4.78 is 26.4. The summed E-state index contributed by atoms with van der Waals surface area (Å²) in [5, 5.41) is 9.88. The number of aliphatic hydroxyl groups excluding tert-OH is 1. The molecule has 0 spiro atoms. The normalized spacial score (nSPS) is 12.4. The van der Waals surface area contributed by atoms with Crippen LogP contribution in [0.2, 0.25) is 0 Å².